The summed E-state index contributed by atoms with van der Waals surface area (Å²) in [5, 5.41) is 0. The predicted molar refractivity (Wildman–Crippen MR) is 84.5 cm³/mol. The number of nitrogens with one attached hydrogen (secondary N) is 1. The molecular weight excluding hydrogens is 321 g/mol. The van der Waals surface area contributed by atoms with Crippen molar-refractivity contribution in [3.05, 3.63) is 42.2 Å². The fourth-order valence-electron chi connectivity index (χ4n) is 1.79. The summed E-state index contributed by atoms with van der Waals surface area (Å²) in [7, 11) is -2.62. The predicted octanol–water partition coefficient (Wildman–Crippen LogP) is 2.72. The largest absolute Gasteiger partial charge is 0.494 e. The van der Waals surface area contributed by atoms with Gasteiger partial charge in [0.05, 0.1) is 30.1 Å². The third kappa shape index (κ3) is 3.95. The summed E-state index contributed by atoms with van der Waals surface area (Å²) in [5.74, 6) is -0.180. The summed E-state index contributed by atoms with van der Waals surface area (Å²) in [6, 6.07) is 3.30. The van der Waals surface area contributed by atoms with Crippen LogP contribution in [-0.2, 0) is 15.4 Å². The Morgan fingerprint density at radius 3 is 2.30 bits per heavy atom. The lowest BCUT2D eigenvalue weighted by Gasteiger charge is -2.16. The van der Waals surface area contributed by atoms with Gasteiger partial charge in [0.25, 0.3) is 10.0 Å². The van der Waals surface area contributed by atoms with Gasteiger partial charge in [0.15, 0.2) is 11.6 Å². The topological polar surface area (TPSA) is 81.2 Å². The number of hydrogen-bond donors (Lipinski definition) is 1. The fourth-order valence-corrected chi connectivity index (χ4v) is 2.83. The summed E-state index contributed by atoms with van der Waals surface area (Å²) in [6.07, 6.45) is 2.79. The summed E-state index contributed by atoms with van der Waals surface area (Å²) in [6.45, 7) is 5.87. The molecule has 0 fully saturated rings. The molecule has 0 unspecified atom stereocenters. The molecule has 6 nitrogen and oxygen atoms in total. The number of halogens is 1. The molecule has 0 amide bonds. The minimum absolute atomic E-state index is 0.115. The van der Waals surface area contributed by atoms with Crippen LogP contribution < -0.4 is 9.46 Å². The Balaban J connectivity index is 2.28. The van der Waals surface area contributed by atoms with Gasteiger partial charge in [-0.25, -0.2) is 22.8 Å². The second-order valence-corrected chi connectivity index (χ2v) is 7.63. The number of anilines is 1. The van der Waals surface area contributed by atoms with Crippen LogP contribution in [0.25, 0.3) is 0 Å². The van der Waals surface area contributed by atoms with E-state index in [9.17, 15) is 12.8 Å². The molecule has 0 saturated heterocycles. The normalized spacial score (nSPS) is 12.0. The van der Waals surface area contributed by atoms with E-state index in [4.69, 9.17) is 4.74 Å². The molecule has 1 heterocycles. The number of methoxy groups -OCH3 is 1. The number of hydrogen-bond acceptors (Lipinski definition) is 5. The molecule has 0 aliphatic heterocycles. The van der Waals surface area contributed by atoms with Crippen molar-refractivity contribution >= 4 is 15.7 Å². The molecular formula is C15H18FN3O3S. The molecule has 0 bridgehead atoms. The van der Waals surface area contributed by atoms with Gasteiger partial charge < -0.3 is 4.74 Å². The highest BCUT2D eigenvalue weighted by Crippen LogP contribution is 2.23. The summed E-state index contributed by atoms with van der Waals surface area (Å²) >= 11 is 0. The van der Waals surface area contributed by atoms with Crippen LogP contribution in [0.4, 0.5) is 10.1 Å². The van der Waals surface area contributed by atoms with Crippen molar-refractivity contribution in [2.75, 3.05) is 11.8 Å². The quantitative estimate of drug-likeness (QED) is 0.926. The van der Waals surface area contributed by atoms with E-state index >= 15 is 0 Å². The number of nitrogens with zero attached hydrogens (tertiary/aromatic N) is 2. The lowest BCUT2D eigenvalue weighted by Crippen LogP contribution is -2.17. The molecule has 2 aromatic rings. The monoisotopic (exact) mass is 339 g/mol. The Morgan fingerprint density at radius 1 is 1.17 bits per heavy atom. The Hall–Kier alpha value is -2.22. The maximum Gasteiger partial charge on any atom is 0.262 e. The van der Waals surface area contributed by atoms with Gasteiger partial charge in [0, 0.05) is 11.5 Å². The molecule has 0 radical (unpaired) electrons. The molecule has 1 aromatic carbocycles. The van der Waals surface area contributed by atoms with Crippen molar-refractivity contribution in [1.82, 2.24) is 9.97 Å². The molecule has 0 saturated carbocycles. The van der Waals surface area contributed by atoms with E-state index in [1.165, 1.54) is 19.5 Å². The van der Waals surface area contributed by atoms with Gasteiger partial charge in [-0.1, -0.05) is 20.8 Å². The first-order chi connectivity index (χ1) is 10.6. The maximum atomic E-state index is 13.4. The zero-order valence-electron chi connectivity index (χ0n) is 13.3. The van der Waals surface area contributed by atoms with Gasteiger partial charge in [0.2, 0.25) is 0 Å². The van der Waals surface area contributed by atoms with Crippen LogP contribution in [0.5, 0.6) is 5.75 Å². The highest BCUT2D eigenvalue weighted by Gasteiger charge is 2.19. The molecule has 124 valence electrons. The molecule has 2 rings (SSSR count). The third-order valence-corrected chi connectivity index (χ3v) is 4.39. The van der Waals surface area contributed by atoms with Crippen LogP contribution >= 0.6 is 0 Å². The van der Waals surface area contributed by atoms with Crippen molar-refractivity contribution in [3.8, 4) is 5.75 Å². The van der Waals surface area contributed by atoms with Crippen molar-refractivity contribution in [1.29, 1.82) is 0 Å². The average molecular weight is 339 g/mol. The molecule has 0 aliphatic carbocycles. The standard InChI is InChI=1S/C15H18FN3O3S/c1-15(2,3)14-17-8-10(9-18-14)19-23(20,21)11-5-6-12(16)13(7-11)22-4/h5-9,19H,1-4H3. The molecule has 0 aliphatic rings. The lowest BCUT2D eigenvalue weighted by molar-refractivity contribution is 0.385. The Kier molecular flexibility index (Phi) is 4.56. The van der Waals surface area contributed by atoms with Crippen LogP contribution in [0.15, 0.2) is 35.5 Å². The fraction of sp³-hybridized carbons (Fsp3) is 0.333. The Morgan fingerprint density at radius 2 is 1.78 bits per heavy atom. The average Bonchev–Trinajstić information content (AvgIpc) is 2.46. The van der Waals surface area contributed by atoms with Crippen LogP contribution in [0.1, 0.15) is 26.6 Å². The van der Waals surface area contributed by atoms with Crippen molar-refractivity contribution in [2.24, 2.45) is 0 Å². The van der Waals surface area contributed by atoms with E-state index in [2.05, 4.69) is 14.7 Å². The number of rotatable bonds is 4. The zero-order chi connectivity index (χ0) is 17.3. The molecule has 1 aromatic heterocycles. The van der Waals surface area contributed by atoms with Gasteiger partial charge in [-0.15, -0.1) is 0 Å². The Labute approximate surface area is 134 Å². The van der Waals surface area contributed by atoms with E-state index in [1.807, 2.05) is 20.8 Å². The highest BCUT2D eigenvalue weighted by atomic mass is 32.2. The lowest BCUT2D eigenvalue weighted by atomic mass is 9.96. The molecule has 1 N–H and O–H groups in total. The Bertz CT molecular complexity index is 800. The third-order valence-electron chi connectivity index (χ3n) is 3.01. The van der Waals surface area contributed by atoms with Crippen LogP contribution in [0.3, 0.4) is 0 Å². The van der Waals surface area contributed by atoms with E-state index in [1.54, 1.807) is 0 Å². The maximum absolute atomic E-state index is 13.4. The summed E-state index contributed by atoms with van der Waals surface area (Å²) < 4.78 is 45.2. The first-order valence-electron chi connectivity index (χ1n) is 6.82. The number of aromatic nitrogens is 2. The second kappa shape index (κ2) is 6.11. The minimum atomic E-state index is -3.89. The number of sulfonamides is 1. The zero-order valence-corrected chi connectivity index (χ0v) is 14.1. The second-order valence-electron chi connectivity index (χ2n) is 5.95. The highest BCUT2D eigenvalue weighted by molar-refractivity contribution is 7.92. The number of benzene rings is 1. The van der Waals surface area contributed by atoms with E-state index in [0.717, 1.165) is 18.2 Å². The SMILES string of the molecule is COc1cc(S(=O)(=O)Nc2cnc(C(C)(C)C)nc2)ccc1F. The van der Waals surface area contributed by atoms with Gasteiger partial charge in [0.1, 0.15) is 5.82 Å². The molecule has 23 heavy (non-hydrogen) atoms. The van der Waals surface area contributed by atoms with Crippen LogP contribution in [0, 0.1) is 5.82 Å². The van der Waals surface area contributed by atoms with Gasteiger partial charge in [-0.05, 0) is 12.1 Å². The van der Waals surface area contributed by atoms with Crippen LogP contribution in [0.2, 0.25) is 0 Å². The number of ether oxygens (including phenoxy) is 1. The molecule has 0 atom stereocenters. The van der Waals surface area contributed by atoms with Gasteiger partial charge >= 0.3 is 0 Å². The first-order valence-corrected chi connectivity index (χ1v) is 8.31. The van der Waals surface area contributed by atoms with Gasteiger partial charge in [-0.2, -0.15) is 0 Å². The van der Waals surface area contributed by atoms with E-state index in [0.29, 0.717) is 5.82 Å². The smallest absolute Gasteiger partial charge is 0.262 e. The van der Waals surface area contributed by atoms with Crippen molar-refractivity contribution in [3.63, 3.8) is 0 Å². The first kappa shape index (κ1) is 17.1. The minimum Gasteiger partial charge on any atom is -0.494 e. The van der Waals surface area contributed by atoms with Gasteiger partial charge in [-0.3, -0.25) is 4.72 Å². The van der Waals surface area contributed by atoms with E-state index < -0.39 is 15.8 Å². The summed E-state index contributed by atoms with van der Waals surface area (Å²) in [4.78, 5) is 8.19. The van der Waals surface area contributed by atoms with Crippen molar-refractivity contribution < 1.29 is 17.5 Å². The van der Waals surface area contributed by atoms with Crippen LogP contribution in [-0.4, -0.2) is 25.5 Å². The molecule has 0 spiro atoms. The summed E-state index contributed by atoms with van der Waals surface area (Å²) in [5.41, 5.74) is -0.0110. The van der Waals surface area contributed by atoms with Crippen molar-refractivity contribution in [2.45, 2.75) is 31.1 Å². The van der Waals surface area contributed by atoms with E-state index in [-0.39, 0.29) is 21.7 Å². The molecule has 8 heteroatoms.